The third kappa shape index (κ3) is 8.03. The highest BCUT2D eigenvalue weighted by Crippen LogP contribution is 2.02. The SMILES string of the molecule is CC(=O)N1CCN(CCC(N)=O)CC1.O=C(O)C(=O)O. The van der Waals surface area contributed by atoms with Gasteiger partial charge in [-0.2, -0.15) is 0 Å². The Bertz CT molecular complexity index is 364. The first-order chi connectivity index (χ1) is 9.23. The van der Waals surface area contributed by atoms with Crippen LogP contribution in [0.3, 0.4) is 0 Å². The van der Waals surface area contributed by atoms with Crippen molar-refractivity contribution in [3.05, 3.63) is 0 Å². The van der Waals surface area contributed by atoms with E-state index in [1.165, 1.54) is 0 Å². The summed E-state index contributed by atoms with van der Waals surface area (Å²) in [7, 11) is 0. The number of hydrogen-bond donors (Lipinski definition) is 3. The molecule has 1 aliphatic rings. The minimum Gasteiger partial charge on any atom is -0.473 e. The minimum absolute atomic E-state index is 0.125. The van der Waals surface area contributed by atoms with Gasteiger partial charge in [0, 0.05) is 46.1 Å². The van der Waals surface area contributed by atoms with Crippen molar-refractivity contribution in [2.24, 2.45) is 5.73 Å². The molecule has 1 rings (SSSR count). The molecule has 9 heteroatoms. The highest BCUT2D eigenvalue weighted by atomic mass is 16.4. The third-order valence-corrected chi connectivity index (χ3v) is 2.68. The molecule has 0 saturated carbocycles. The van der Waals surface area contributed by atoms with E-state index in [1.54, 1.807) is 6.92 Å². The standard InChI is InChI=1S/C9H17N3O2.C2H2O4/c1-8(13)12-6-4-11(5-7-12)3-2-9(10)14;3-1(4)2(5)6/h2-7H2,1H3,(H2,10,14);(H,3,4)(H,5,6). The van der Waals surface area contributed by atoms with Gasteiger partial charge in [-0.05, 0) is 0 Å². The number of aliphatic carboxylic acids is 2. The van der Waals surface area contributed by atoms with Crippen LogP contribution in [0.15, 0.2) is 0 Å². The number of carboxylic acid groups (broad SMARTS) is 2. The molecule has 0 spiro atoms. The second-order valence-electron chi connectivity index (χ2n) is 4.17. The van der Waals surface area contributed by atoms with Gasteiger partial charge in [-0.25, -0.2) is 9.59 Å². The molecule has 0 bridgehead atoms. The number of primary amides is 1. The quantitative estimate of drug-likeness (QED) is 0.519. The van der Waals surface area contributed by atoms with E-state index in [4.69, 9.17) is 25.5 Å². The van der Waals surface area contributed by atoms with E-state index in [1.807, 2.05) is 4.90 Å². The lowest BCUT2D eigenvalue weighted by molar-refractivity contribution is -0.159. The largest absolute Gasteiger partial charge is 0.473 e. The van der Waals surface area contributed by atoms with Crippen molar-refractivity contribution in [1.29, 1.82) is 0 Å². The maximum absolute atomic E-state index is 11.0. The molecule has 9 nitrogen and oxygen atoms in total. The van der Waals surface area contributed by atoms with Gasteiger partial charge >= 0.3 is 11.9 Å². The van der Waals surface area contributed by atoms with Crippen molar-refractivity contribution in [1.82, 2.24) is 9.80 Å². The number of carboxylic acids is 2. The first-order valence-electron chi connectivity index (χ1n) is 5.96. The Balaban J connectivity index is 0.000000511. The summed E-state index contributed by atoms with van der Waals surface area (Å²) in [5.41, 5.74) is 5.06. The predicted molar refractivity (Wildman–Crippen MR) is 67.8 cm³/mol. The van der Waals surface area contributed by atoms with Crippen LogP contribution in [0.5, 0.6) is 0 Å². The zero-order valence-corrected chi connectivity index (χ0v) is 11.2. The molecule has 1 aliphatic heterocycles. The molecule has 0 unspecified atom stereocenters. The molecule has 0 aliphatic carbocycles. The van der Waals surface area contributed by atoms with E-state index in [0.717, 1.165) is 26.2 Å². The Labute approximate surface area is 115 Å². The Kier molecular flexibility index (Phi) is 7.90. The van der Waals surface area contributed by atoms with E-state index in [2.05, 4.69) is 4.90 Å². The summed E-state index contributed by atoms with van der Waals surface area (Å²) < 4.78 is 0. The maximum Gasteiger partial charge on any atom is 0.414 e. The summed E-state index contributed by atoms with van der Waals surface area (Å²) in [4.78, 5) is 43.7. The van der Waals surface area contributed by atoms with Crippen LogP contribution in [0, 0.1) is 0 Å². The van der Waals surface area contributed by atoms with Gasteiger partial charge in [0.15, 0.2) is 0 Å². The second kappa shape index (κ2) is 8.86. The number of carbonyl (C=O) groups excluding carboxylic acids is 2. The van der Waals surface area contributed by atoms with E-state index in [-0.39, 0.29) is 11.8 Å². The normalized spacial score (nSPS) is 14.9. The van der Waals surface area contributed by atoms with Crippen LogP contribution >= 0.6 is 0 Å². The molecule has 2 amide bonds. The van der Waals surface area contributed by atoms with Crippen molar-refractivity contribution in [3.63, 3.8) is 0 Å². The lowest BCUT2D eigenvalue weighted by atomic mass is 10.3. The lowest BCUT2D eigenvalue weighted by Crippen LogP contribution is -2.48. The summed E-state index contributed by atoms with van der Waals surface area (Å²) in [6, 6.07) is 0. The number of rotatable bonds is 3. The number of nitrogens with two attached hydrogens (primary N) is 1. The Morgan fingerprint density at radius 2 is 1.45 bits per heavy atom. The zero-order valence-electron chi connectivity index (χ0n) is 11.2. The maximum atomic E-state index is 11.0. The lowest BCUT2D eigenvalue weighted by Gasteiger charge is -2.33. The topological polar surface area (TPSA) is 141 Å². The van der Waals surface area contributed by atoms with Gasteiger partial charge in [-0.1, -0.05) is 0 Å². The fraction of sp³-hybridized carbons (Fsp3) is 0.636. The molecule has 1 heterocycles. The molecule has 0 aromatic heterocycles. The van der Waals surface area contributed by atoms with Gasteiger partial charge in [0.1, 0.15) is 0 Å². The van der Waals surface area contributed by atoms with Crippen molar-refractivity contribution >= 4 is 23.8 Å². The first kappa shape index (κ1) is 17.8. The monoisotopic (exact) mass is 289 g/mol. The molecular weight excluding hydrogens is 270 g/mol. The summed E-state index contributed by atoms with van der Waals surface area (Å²) in [6.45, 7) is 5.49. The highest BCUT2D eigenvalue weighted by Gasteiger charge is 2.18. The molecule has 20 heavy (non-hydrogen) atoms. The molecule has 0 aromatic rings. The molecule has 1 fully saturated rings. The number of hydrogen-bond acceptors (Lipinski definition) is 5. The summed E-state index contributed by atoms with van der Waals surface area (Å²) in [6.07, 6.45) is 0.403. The number of piperazine rings is 1. The van der Waals surface area contributed by atoms with Crippen LogP contribution in [-0.2, 0) is 19.2 Å². The first-order valence-corrected chi connectivity index (χ1v) is 5.96. The van der Waals surface area contributed by atoms with Gasteiger partial charge in [-0.3, -0.25) is 14.5 Å². The molecule has 1 saturated heterocycles. The number of amides is 2. The average Bonchev–Trinajstić information content (AvgIpc) is 2.37. The predicted octanol–water partition coefficient (Wildman–Crippen LogP) is -1.82. The molecule has 0 aromatic carbocycles. The Hall–Kier alpha value is -2.16. The van der Waals surface area contributed by atoms with Gasteiger partial charge in [-0.15, -0.1) is 0 Å². The van der Waals surface area contributed by atoms with Crippen LogP contribution in [0.4, 0.5) is 0 Å². The molecule has 0 radical (unpaired) electrons. The van der Waals surface area contributed by atoms with Crippen LogP contribution in [0.1, 0.15) is 13.3 Å². The Morgan fingerprint density at radius 1 is 1.00 bits per heavy atom. The fourth-order valence-corrected chi connectivity index (χ4v) is 1.55. The van der Waals surface area contributed by atoms with Crippen LogP contribution in [0.25, 0.3) is 0 Å². The van der Waals surface area contributed by atoms with Gasteiger partial charge in [0.05, 0.1) is 0 Å². The second-order valence-corrected chi connectivity index (χ2v) is 4.17. The fourth-order valence-electron chi connectivity index (χ4n) is 1.55. The van der Waals surface area contributed by atoms with E-state index < -0.39 is 11.9 Å². The van der Waals surface area contributed by atoms with Crippen LogP contribution < -0.4 is 5.73 Å². The molecular formula is C11H19N3O6. The molecule has 0 atom stereocenters. The van der Waals surface area contributed by atoms with Gasteiger partial charge < -0.3 is 20.8 Å². The van der Waals surface area contributed by atoms with E-state index in [0.29, 0.717) is 13.0 Å². The van der Waals surface area contributed by atoms with Crippen LogP contribution in [-0.4, -0.2) is 76.5 Å². The van der Waals surface area contributed by atoms with Crippen molar-refractivity contribution in [2.45, 2.75) is 13.3 Å². The summed E-state index contributed by atoms with van der Waals surface area (Å²) in [5, 5.41) is 14.8. The summed E-state index contributed by atoms with van der Waals surface area (Å²) >= 11 is 0. The van der Waals surface area contributed by atoms with E-state index in [9.17, 15) is 9.59 Å². The molecule has 4 N–H and O–H groups in total. The number of carbonyl (C=O) groups is 4. The van der Waals surface area contributed by atoms with Crippen molar-refractivity contribution < 1.29 is 29.4 Å². The average molecular weight is 289 g/mol. The number of nitrogens with zero attached hydrogens (tertiary/aromatic N) is 2. The minimum atomic E-state index is -1.82. The van der Waals surface area contributed by atoms with Gasteiger partial charge in [0.25, 0.3) is 0 Å². The van der Waals surface area contributed by atoms with Crippen molar-refractivity contribution in [3.8, 4) is 0 Å². The van der Waals surface area contributed by atoms with E-state index >= 15 is 0 Å². The zero-order chi connectivity index (χ0) is 15.7. The van der Waals surface area contributed by atoms with Crippen LogP contribution in [0.2, 0.25) is 0 Å². The third-order valence-electron chi connectivity index (χ3n) is 2.68. The Morgan fingerprint density at radius 3 is 1.75 bits per heavy atom. The smallest absolute Gasteiger partial charge is 0.414 e. The summed E-state index contributed by atoms with van der Waals surface area (Å²) in [5.74, 6) is -3.79. The van der Waals surface area contributed by atoms with Crippen molar-refractivity contribution in [2.75, 3.05) is 32.7 Å². The highest BCUT2D eigenvalue weighted by molar-refractivity contribution is 6.27. The van der Waals surface area contributed by atoms with Gasteiger partial charge in [0.2, 0.25) is 11.8 Å². The molecule has 114 valence electrons.